The van der Waals surface area contributed by atoms with Crippen molar-refractivity contribution >= 4 is 5.91 Å². The maximum atomic E-state index is 12.9. The van der Waals surface area contributed by atoms with Gasteiger partial charge >= 0.3 is 0 Å². The molecule has 1 aromatic carbocycles. The van der Waals surface area contributed by atoms with Gasteiger partial charge in [0.15, 0.2) is 0 Å². The summed E-state index contributed by atoms with van der Waals surface area (Å²) < 4.78 is 12.9. The van der Waals surface area contributed by atoms with Crippen LogP contribution in [0.3, 0.4) is 0 Å². The quantitative estimate of drug-likeness (QED) is 0.943. The van der Waals surface area contributed by atoms with Crippen molar-refractivity contribution in [1.29, 1.82) is 0 Å². The average molecular weight is 315 g/mol. The Hall–Kier alpha value is -2.50. The Balaban J connectivity index is 1.79. The second kappa shape index (κ2) is 6.32. The molecule has 0 radical (unpaired) electrons. The smallest absolute Gasteiger partial charge is 0.251 e. The average Bonchev–Trinajstić information content (AvgIpc) is 2.98. The van der Waals surface area contributed by atoms with E-state index >= 15 is 0 Å². The van der Waals surface area contributed by atoms with E-state index in [-0.39, 0.29) is 29.7 Å². The van der Waals surface area contributed by atoms with Gasteiger partial charge in [-0.05, 0) is 37.5 Å². The first-order valence-corrected chi connectivity index (χ1v) is 7.65. The van der Waals surface area contributed by atoms with Crippen LogP contribution in [-0.2, 0) is 11.2 Å². The zero-order valence-electron chi connectivity index (χ0n) is 12.9. The Labute approximate surface area is 133 Å². The number of carbonyl (C=O) groups is 1. The number of carbonyl (C=O) groups excluding carboxylic acids is 1. The molecule has 0 saturated carbocycles. The van der Waals surface area contributed by atoms with Gasteiger partial charge in [-0.15, -0.1) is 0 Å². The second-order valence-corrected chi connectivity index (χ2v) is 5.82. The molecule has 3 rings (SSSR count). The Bertz CT molecular complexity index is 770. The highest BCUT2D eigenvalue weighted by Gasteiger charge is 2.31. The monoisotopic (exact) mass is 315 g/mol. The third-order valence-electron chi connectivity index (χ3n) is 4.05. The number of aromatic nitrogens is 2. The Morgan fingerprint density at radius 3 is 2.83 bits per heavy atom. The summed E-state index contributed by atoms with van der Waals surface area (Å²) in [5.74, 6) is 0.185. The van der Waals surface area contributed by atoms with Gasteiger partial charge in [0.2, 0.25) is 5.91 Å². The number of aryl methyl sites for hydroxylation is 1. The molecule has 120 valence electrons. The Kier molecular flexibility index (Phi) is 4.23. The zero-order chi connectivity index (χ0) is 16.4. The minimum absolute atomic E-state index is 0.0386. The molecule has 1 amide bonds. The second-order valence-electron chi connectivity index (χ2n) is 5.82. The minimum atomic E-state index is -0.318. The topological polar surface area (TPSA) is 66.1 Å². The molecular formula is C17H18FN3O2. The highest BCUT2D eigenvalue weighted by atomic mass is 19.1. The van der Waals surface area contributed by atoms with E-state index in [9.17, 15) is 14.0 Å². The number of nitrogens with zero attached hydrogens (tertiary/aromatic N) is 2. The molecule has 0 bridgehead atoms. The fourth-order valence-corrected chi connectivity index (χ4v) is 2.99. The zero-order valence-corrected chi connectivity index (χ0v) is 12.9. The number of benzene rings is 1. The third-order valence-corrected chi connectivity index (χ3v) is 4.05. The van der Waals surface area contributed by atoms with Gasteiger partial charge in [0.1, 0.15) is 11.6 Å². The summed E-state index contributed by atoms with van der Waals surface area (Å²) in [5, 5.41) is 0. The molecule has 0 spiro atoms. The lowest BCUT2D eigenvalue weighted by atomic mass is 10.1. The van der Waals surface area contributed by atoms with E-state index in [4.69, 9.17) is 0 Å². The van der Waals surface area contributed by atoms with Crippen LogP contribution in [0.15, 0.2) is 35.1 Å². The molecule has 0 unspecified atom stereocenters. The summed E-state index contributed by atoms with van der Waals surface area (Å²) in [4.78, 5) is 33.1. The van der Waals surface area contributed by atoms with E-state index in [1.165, 1.54) is 18.2 Å². The maximum Gasteiger partial charge on any atom is 0.251 e. The van der Waals surface area contributed by atoms with Gasteiger partial charge in [-0.2, -0.15) is 0 Å². The van der Waals surface area contributed by atoms with Crippen LogP contribution in [0.25, 0.3) is 0 Å². The van der Waals surface area contributed by atoms with Crippen LogP contribution in [-0.4, -0.2) is 27.3 Å². The van der Waals surface area contributed by atoms with Crippen LogP contribution in [0, 0.1) is 12.7 Å². The molecule has 1 aromatic heterocycles. The summed E-state index contributed by atoms with van der Waals surface area (Å²) in [6.07, 6.45) is 1.87. The van der Waals surface area contributed by atoms with E-state index in [0.29, 0.717) is 18.1 Å². The molecule has 1 atom stereocenters. The molecular weight excluding hydrogens is 297 g/mol. The first-order chi connectivity index (χ1) is 11.0. The fraction of sp³-hybridized carbons (Fsp3) is 0.353. The molecule has 23 heavy (non-hydrogen) atoms. The van der Waals surface area contributed by atoms with Crippen LogP contribution >= 0.6 is 0 Å². The van der Waals surface area contributed by atoms with Crippen LogP contribution < -0.4 is 5.56 Å². The predicted molar refractivity (Wildman–Crippen MR) is 83.4 cm³/mol. The lowest BCUT2D eigenvalue weighted by Crippen LogP contribution is -2.33. The number of hydrogen-bond acceptors (Lipinski definition) is 3. The summed E-state index contributed by atoms with van der Waals surface area (Å²) in [6, 6.07) is 7.17. The number of H-pyrrole nitrogens is 1. The van der Waals surface area contributed by atoms with Gasteiger partial charge in [0, 0.05) is 18.3 Å². The van der Waals surface area contributed by atoms with Crippen molar-refractivity contribution in [1.82, 2.24) is 14.9 Å². The normalized spacial score (nSPS) is 17.5. The van der Waals surface area contributed by atoms with Gasteiger partial charge in [-0.3, -0.25) is 9.59 Å². The molecule has 1 aliphatic rings. The number of hydrogen-bond donors (Lipinski definition) is 1. The summed E-state index contributed by atoms with van der Waals surface area (Å²) in [5.41, 5.74) is 1.21. The number of likely N-dealkylation sites (tertiary alicyclic amines) is 1. The number of nitrogens with one attached hydrogen (secondary N) is 1. The summed E-state index contributed by atoms with van der Waals surface area (Å²) >= 11 is 0. The van der Waals surface area contributed by atoms with E-state index in [1.54, 1.807) is 24.0 Å². The lowest BCUT2D eigenvalue weighted by molar-refractivity contribution is -0.131. The molecule has 6 heteroatoms. The Morgan fingerprint density at radius 1 is 1.39 bits per heavy atom. The highest BCUT2D eigenvalue weighted by Crippen LogP contribution is 2.30. The van der Waals surface area contributed by atoms with E-state index < -0.39 is 0 Å². The molecule has 1 N–H and O–H groups in total. The number of aromatic amines is 1. The van der Waals surface area contributed by atoms with Crippen molar-refractivity contribution in [2.45, 2.75) is 32.2 Å². The largest absolute Gasteiger partial charge is 0.332 e. The van der Waals surface area contributed by atoms with Crippen molar-refractivity contribution in [3.8, 4) is 0 Å². The van der Waals surface area contributed by atoms with Crippen molar-refractivity contribution < 1.29 is 9.18 Å². The third kappa shape index (κ3) is 3.47. The lowest BCUT2D eigenvalue weighted by Gasteiger charge is -2.24. The minimum Gasteiger partial charge on any atom is -0.332 e. The van der Waals surface area contributed by atoms with E-state index in [0.717, 1.165) is 18.4 Å². The molecule has 2 aromatic rings. The first-order valence-electron chi connectivity index (χ1n) is 7.65. The number of amides is 1. The fourth-order valence-electron chi connectivity index (χ4n) is 2.99. The van der Waals surface area contributed by atoms with Crippen LogP contribution in [0.5, 0.6) is 0 Å². The van der Waals surface area contributed by atoms with Crippen molar-refractivity contribution in [2.24, 2.45) is 0 Å². The van der Waals surface area contributed by atoms with Crippen molar-refractivity contribution in [3.63, 3.8) is 0 Å². The molecule has 5 nitrogen and oxygen atoms in total. The van der Waals surface area contributed by atoms with E-state index in [2.05, 4.69) is 9.97 Å². The van der Waals surface area contributed by atoms with Crippen molar-refractivity contribution in [3.05, 3.63) is 63.6 Å². The number of rotatable bonds is 3. The first kappa shape index (κ1) is 15.4. The van der Waals surface area contributed by atoms with Gasteiger partial charge in [0.05, 0.1) is 12.5 Å². The van der Waals surface area contributed by atoms with Crippen LogP contribution in [0.2, 0.25) is 0 Å². The van der Waals surface area contributed by atoms with Crippen LogP contribution in [0.4, 0.5) is 4.39 Å². The van der Waals surface area contributed by atoms with Crippen LogP contribution in [0.1, 0.15) is 36.0 Å². The molecule has 2 heterocycles. The highest BCUT2D eigenvalue weighted by molar-refractivity contribution is 5.79. The van der Waals surface area contributed by atoms with Gasteiger partial charge < -0.3 is 9.88 Å². The van der Waals surface area contributed by atoms with Gasteiger partial charge in [-0.1, -0.05) is 12.1 Å². The van der Waals surface area contributed by atoms with Gasteiger partial charge in [0.25, 0.3) is 5.56 Å². The molecule has 1 aliphatic heterocycles. The molecule has 1 saturated heterocycles. The van der Waals surface area contributed by atoms with Gasteiger partial charge in [-0.25, -0.2) is 9.37 Å². The molecule has 0 aliphatic carbocycles. The summed E-state index contributed by atoms with van der Waals surface area (Å²) in [6.45, 7) is 2.40. The molecule has 1 fully saturated rings. The standard InChI is InChI=1S/C17H18FN3O2/c1-11-9-15(22)20-17(19-11)14-3-2-8-21(14)16(23)10-12-4-6-13(18)7-5-12/h4-7,9,14H,2-3,8,10H2,1H3,(H,19,20,22)/t14-/m1/s1. The number of halogens is 1. The summed E-state index contributed by atoms with van der Waals surface area (Å²) in [7, 11) is 0. The Morgan fingerprint density at radius 2 is 2.13 bits per heavy atom. The maximum absolute atomic E-state index is 12.9. The predicted octanol–water partition coefficient (Wildman–Crippen LogP) is 2.12. The van der Waals surface area contributed by atoms with Crippen molar-refractivity contribution in [2.75, 3.05) is 6.54 Å². The van der Waals surface area contributed by atoms with E-state index in [1.807, 2.05) is 0 Å². The SMILES string of the molecule is Cc1cc(=O)[nH]c([C@H]2CCCN2C(=O)Cc2ccc(F)cc2)n1.